The fourth-order valence-electron chi connectivity index (χ4n) is 3.36. The van der Waals surface area contributed by atoms with Crippen LogP contribution < -0.4 is 0 Å². The first kappa shape index (κ1) is 16.5. The molecule has 1 aliphatic carbocycles. The maximum atomic E-state index is 13.2. The summed E-state index contributed by atoms with van der Waals surface area (Å²) in [5.41, 5.74) is 2.08. The molecule has 1 heterocycles. The molecule has 2 aromatic carbocycles. The van der Waals surface area contributed by atoms with Gasteiger partial charge in [-0.1, -0.05) is 30.7 Å². The fourth-order valence-corrected chi connectivity index (χ4v) is 3.36. The van der Waals surface area contributed by atoms with Crippen molar-refractivity contribution in [1.82, 2.24) is 9.78 Å². The van der Waals surface area contributed by atoms with Crippen LogP contribution in [-0.2, 0) is 21.6 Å². The summed E-state index contributed by atoms with van der Waals surface area (Å²) in [6.07, 6.45) is 6.07. The van der Waals surface area contributed by atoms with Gasteiger partial charge < -0.3 is 4.74 Å². The molecule has 3 aromatic rings. The molecule has 4 rings (SSSR count). The Kier molecular flexibility index (Phi) is 4.29. The number of benzene rings is 2. The van der Waals surface area contributed by atoms with E-state index in [1.165, 1.54) is 12.1 Å². The second-order valence-electron chi connectivity index (χ2n) is 6.64. The predicted molar refractivity (Wildman–Crippen MR) is 95.3 cm³/mol. The molecule has 0 aliphatic heterocycles. The van der Waals surface area contributed by atoms with E-state index in [0.29, 0.717) is 0 Å². The molecular formula is C21H19FN2O2. The Morgan fingerprint density at radius 3 is 2.42 bits per heavy atom. The molecule has 0 amide bonds. The highest BCUT2D eigenvalue weighted by Crippen LogP contribution is 2.45. The van der Waals surface area contributed by atoms with Crippen molar-refractivity contribution in [2.45, 2.75) is 31.3 Å². The van der Waals surface area contributed by atoms with Gasteiger partial charge in [0.2, 0.25) is 0 Å². The molecule has 1 saturated carbocycles. The first-order valence-corrected chi connectivity index (χ1v) is 8.70. The second-order valence-corrected chi connectivity index (χ2v) is 6.64. The van der Waals surface area contributed by atoms with Crippen LogP contribution in [0.5, 0.6) is 0 Å². The van der Waals surface area contributed by atoms with E-state index in [0.717, 1.165) is 36.1 Å². The Morgan fingerprint density at radius 1 is 1.12 bits per heavy atom. The summed E-state index contributed by atoms with van der Waals surface area (Å²) in [6, 6.07) is 15.8. The molecule has 1 aromatic heterocycles. The molecule has 0 atom stereocenters. The Morgan fingerprint density at radius 2 is 1.85 bits per heavy atom. The number of hydrogen-bond acceptors (Lipinski definition) is 3. The lowest BCUT2D eigenvalue weighted by Crippen LogP contribution is -2.43. The standard InChI is InChI=1S/C21H19FN2O2/c22-18-7-5-17(6-8-18)21(11-1-12-21)20(25)26-15-16-3-9-19(10-4-16)24-14-2-13-23-24/h2-10,13-14H,1,11-12,15H2. The predicted octanol–water partition coefficient (Wildman–Crippen LogP) is 4.18. The second kappa shape index (κ2) is 6.75. The van der Waals surface area contributed by atoms with E-state index in [1.54, 1.807) is 23.0 Å². The highest BCUT2D eigenvalue weighted by molar-refractivity contribution is 5.84. The number of carbonyl (C=O) groups is 1. The van der Waals surface area contributed by atoms with Gasteiger partial charge in [0.1, 0.15) is 12.4 Å². The average molecular weight is 350 g/mol. The zero-order valence-corrected chi connectivity index (χ0v) is 14.3. The minimum Gasteiger partial charge on any atom is -0.460 e. The molecule has 1 aliphatic rings. The van der Waals surface area contributed by atoms with Crippen molar-refractivity contribution in [3.8, 4) is 5.69 Å². The van der Waals surface area contributed by atoms with Crippen molar-refractivity contribution in [2.24, 2.45) is 0 Å². The Hall–Kier alpha value is -2.95. The van der Waals surface area contributed by atoms with Gasteiger partial charge in [0.25, 0.3) is 0 Å². The Bertz CT molecular complexity index is 883. The minimum absolute atomic E-state index is 0.223. The topological polar surface area (TPSA) is 44.1 Å². The van der Waals surface area contributed by atoms with Gasteiger partial charge in [-0.2, -0.15) is 5.10 Å². The van der Waals surface area contributed by atoms with Gasteiger partial charge in [-0.25, -0.2) is 9.07 Å². The maximum absolute atomic E-state index is 13.2. The van der Waals surface area contributed by atoms with E-state index in [-0.39, 0.29) is 18.4 Å². The lowest BCUT2D eigenvalue weighted by Gasteiger charge is -2.39. The summed E-state index contributed by atoms with van der Waals surface area (Å²) in [5, 5.41) is 4.19. The summed E-state index contributed by atoms with van der Waals surface area (Å²) in [6.45, 7) is 0.223. The molecule has 4 nitrogen and oxygen atoms in total. The molecule has 5 heteroatoms. The number of carbonyl (C=O) groups excluding carboxylic acids is 1. The number of nitrogens with zero attached hydrogens (tertiary/aromatic N) is 2. The largest absolute Gasteiger partial charge is 0.460 e. The summed E-state index contributed by atoms with van der Waals surface area (Å²) < 4.78 is 20.5. The Balaban J connectivity index is 1.43. The van der Waals surface area contributed by atoms with E-state index in [1.807, 2.05) is 36.5 Å². The quantitative estimate of drug-likeness (QED) is 0.649. The van der Waals surface area contributed by atoms with E-state index in [9.17, 15) is 9.18 Å². The van der Waals surface area contributed by atoms with Crippen molar-refractivity contribution in [3.63, 3.8) is 0 Å². The third-order valence-corrected chi connectivity index (χ3v) is 5.07. The van der Waals surface area contributed by atoms with Crippen LogP contribution in [0.1, 0.15) is 30.4 Å². The van der Waals surface area contributed by atoms with Gasteiger partial charge in [-0.3, -0.25) is 4.79 Å². The van der Waals surface area contributed by atoms with Crippen LogP contribution in [0.4, 0.5) is 4.39 Å². The molecule has 0 saturated heterocycles. The van der Waals surface area contributed by atoms with Crippen molar-refractivity contribution < 1.29 is 13.9 Å². The van der Waals surface area contributed by atoms with E-state index in [4.69, 9.17) is 4.74 Å². The first-order chi connectivity index (χ1) is 12.7. The first-order valence-electron chi connectivity index (χ1n) is 8.70. The maximum Gasteiger partial charge on any atom is 0.316 e. The molecular weight excluding hydrogens is 331 g/mol. The number of hydrogen-bond donors (Lipinski definition) is 0. The van der Waals surface area contributed by atoms with Gasteiger partial charge in [-0.05, 0) is 54.3 Å². The number of esters is 1. The van der Waals surface area contributed by atoms with Crippen LogP contribution in [0.3, 0.4) is 0 Å². The molecule has 0 bridgehead atoms. The highest BCUT2D eigenvalue weighted by atomic mass is 19.1. The summed E-state index contributed by atoms with van der Waals surface area (Å²) in [4.78, 5) is 12.7. The summed E-state index contributed by atoms with van der Waals surface area (Å²) >= 11 is 0. The van der Waals surface area contributed by atoms with E-state index in [2.05, 4.69) is 5.10 Å². The normalized spacial score (nSPS) is 15.3. The van der Waals surface area contributed by atoms with Gasteiger partial charge >= 0.3 is 5.97 Å². The zero-order valence-electron chi connectivity index (χ0n) is 14.3. The fraction of sp³-hybridized carbons (Fsp3) is 0.238. The van der Waals surface area contributed by atoms with Crippen LogP contribution in [0, 0.1) is 5.82 Å². The molecule has 0 radical (unpaired) electrons. The van der Waals surface area contributed by atoms with Gasteiger partial charge in [0, 0.05) is 12.4 Å². The SMILES string of the molecule is O=C(OCc1ccc(-n2cccn2)cc1)C1(c2ccc(F)cc2)CCC1. The molecule has 132 valence electrons. The average Bonchev–Trinajstić information content (AvgIpc) is 3.16. The zero-order chi connectivity index (χ0) is 18.0. The molecule has 0 unspecified atom stereocenters. The van der Waals surface area contributed by atoms with Gasteiger partial charge in [0.05, 0.1) is 11.1 Å². The number of halogens is 1. The van der Waals surface area contributed by atoms with Crippen molar-refractivity contribution >= 4 is 5.97 Å². The number of ether oxygens (including phenoxy) is 1. The monoisotopic (exact) mass is 350 g/mol. The van der Waals surface area contributed by atoms with E-state index < -0.39 is 5.41 Å². The summed E-state index contributed by atoms with van der Waals surface area (Å²) in [7, 11) is 0. The van der Waals surface area contributed by atoms with Crippen molar-refractivity contribution in [3.05, 3.63) is 83.9 Å². The number of rotatable bonds is 5. The molecule has 0 spiro atoms. The molecule has 26 heavy (non-hydrogen) atoms. The van der Waals surface area contributed by atoms with Crippen molar-refractivity contribution in [2.75, 3.05) is 0 Å². The van der Waals surface area contributed by atoms with E-state index >= 15 is 0 Å². The molecule has 0 N–H and O–H groups in total. The van der Waals surface area contributed by atoms with Crippen LogP contribution in [-0.4, -0.2) is 15.7 Å². The lowest BCUT2D eigenvalue weighted by atomic mass is 9.64. The highest BCUT2D eigenvalue weighted by Gasteiger charge is 2.47. The van der Waals surface area contributed by atoms with Crippen LogP contribution in [0.15, 0.2) is 67.0 Å². The minimum atomic E-state index is -0.622. The smallest absolute Gasteiger partial charge is 0.316 e. The van der Waals surface area contributed by atoms with Gasteiger partial charge in [0.15, 0.2) is 0 Å². The lowest BCUT2D eigenvalue weighted by molar-refractivity contribution is -0.155. The van der Waals surface area contributed by atoms with Crippen LogP contribution in [0.25, 0.3) is 5.69 Å². The Labute approximate surface area is 151 Å². The van der Waals surface area contributed by atoms with Crippen LogP contribution in [0.2, 0.25) is 0 Å². The number of aromatic nitrogens is 2. The van der Waals surface area contributed by atoms with Gasteiger partial charge in [-0.15, -0.1) is 0 Å². The third kappa shape index (κ3) is 3.01. The third-order valence-electron chi connectivity index (χ3n) is 5.07. The summed E-state index contributed by atoms with van der Waals surface area (Å²) in [5.74, 6) is -0.527. The van der Waals surface area contributed by atoms with Crippen LogP contribution >= 0.6 is 0 Å². The molecule has 1 fully saturated rings. The van der Waals surface area contributed by atoms with Crippen molar-refractivity contribution in [1.29, 1.82) is 0 Å².